The third kappa shape index (κ3) is 2.50. The van der Waals surface area contributed by atoms with E-state index in [1.807, 2.05) is 6.07 Å². The molecule has 2 aromatic carbocycles. The van der Waals surface area contributed by atoms with Gasteiger partial charge in [0.1, 0.15) is 11.5 Å². The molecule has 0 aliphatic carbocycles. The summed E-state index contributed by atoms with van der Waals surface area (Å²) in [5.41, 5.74) is 6.12. The van der Waals surface area contributed by atoms with Gasteiger partial charge in [-0.1, -0.05) is 18.2 Å². The average molecular weight is 322 g/mol. The van der Waals surface area contributed by atoms with Crippen LogP contribution in [0.15, 0.2) is 36.4 Å². The van der Waals surface area contributed by atoms with Gasteiger partial charge in [0.15, 0.2) is 11.4 Å². The van der Waals surface area contributed by atoms with E-state index in [0.717, 1.165) is 22.3 Å². The molecule has 0 saturated carbocycles. The van der Waals surface area contributed by atoms with E-state index < -0.39 is 0 Å². The zero-order valence-electron chi connectivity index (χ0n) is 15.2. The number of hydrogen-bond donors (Lipinski definition) is 0. The number of hydrogen-bond acceptors (Lipinski definition) is 2. The standard InChI is InChI=1S/C21H24NO2/c1-13-8-7-9-14(2)21(13)22-15(3)10-17-11-18(23-5)12-19(24-6)20(17)16(22)4/h7-12H,1-6H3/q+1. The number of pyridine rings is 1. The van der Waals surface area contributed by atoms with Crippen LogP contribution in [0.4, 0.5) is 0 Å². The predicted octanol–water partition coefficient (Wildman–Crippen LogP) is 4.37. The minimum atomic E-state index is 0.808. The van der Waals surface area contributed by atoms with Crippen LogP contribution in [0, 0.1) is 27.7 Å². The molecular formula is C21H24NO2+. The summed E-state index contributed by atoms with van der Waals surface area (Å²) in [7, 11) is 3.39. The molecule has 24 heavy (non-hydrogen) atoms. The molecule has 1 heterocycles. The Labute approximate surface area is 143 Å². The molecule has 3 rings (SSSR count). The van der Waals surface area contributed by atoms with Crippen molar-refractivity contribution in [1.82, 2.24) is 0 Å². The zero-order chi connectivity index (χ0) is 17.4. The maximum Gasteiger partial charge on any atom is 0.216 e. The first kappa shape index (κ1) is 16.3. The number of fused-ring (bicyclic) bond motifs is 1. The van der Waals surface area contributed by atoms with Gasteiger partial charge < -0.3 is 9.47 Å². The summed E-state index contributed by atoms with van der Waals surface area (Å²) in [5, 5.41) is 2.25. The van der Waals surface area contributed by atoms with Gasteiger partial charge in [-0.2, -0.15) is 4.57 Å². The SMILES string of the molecule is COc1cc(OC)c2c(C)[n+](-c3c(C)cccc3C)c(C)cc2c1. The number of benzene rings is 2. The highest BCUT2D eigenvalue weighted by molar-refractivity contribution is 5.91. The van der Waals surface area contributed by atoms with E-state index in [1.165, 1.54) is 28.2 Å². The van der Waals surface area contributed by atoms with Crippen LogP contribution >= 0.6 is 0 Å². The number of methoxy groups -OCH3 is 2. The van der Waals surface area contributed by atoms with Gasteiger partial charge in [0.2, 0.25) is 5.69 Å². The highest BCUT2D eigenvalue weighted by Crippen LogP contribution is 2.33. The molecule has 0 N–H and O–H groups in total. The summed E-state index contributed by atoms with van der Waals surface area (Å²) >= 11 is 0. The average Bonchev–Trinajstić information content (AvgIpc) is 2.56. The van der Waals surface area contributed by atoms with Crippen LogP contribution < -0.4 is 14.0 Å². The topological polar surface area (TPSA) is 22.3 Å². The highest BCUT2D eigenvalue weighted by Gasteiger charge is 2.24. The van der Waals surface area contributed by atoms with E-state index in [4.69, 9.17) is 9.47 Å². The Bertz CT molecular complexity index is 909. The molecule has 3 aromatic rings. The van der Waals surface area contributed by atoms with Crippen molar-refractivity contribution in [1.29, 1.82) is 0 Å². The van der Waals surface area contributed by atoms with Crippen LogP contribution in [-0.4, -0.2) is 14.2 Å². The lowest BCUT2D eigenvalue weighted by atomic mass is 10.0. The van der Waals surface area contributed by atoms with Crippen molar-refractivity contribution in [2.75, 3.05) is 14.2 Å². The van der Waals surface area contributed by atoms with Crippen LogP contribution in [0.3, 0.4) is 0 Å². The molecule has 0 unspecified atom stereocenters. The quantitative estimate of drug-likeness (QED) is 0.668. The zero-order valence-corrected chi connectivity index (χ0v) is 15.2. The Morgan fingerprint density at radius 1 is 0.833 bits per heavy atom. The van der Waals surface area contributed by atoms with E-state index in [1.54, 1.807) is 14.2 Å². The van der Waals surface area contributed by atoms with Crippen LogP contribution in [0.1, 0.15) is 22.5 Å². The largest absolute Gasteiger partial charge is 0.497 e. The number of aromatic nitrogens is 1. The second kappa shape index (κ2) is 6.16. The van der Waals surface area contributed by atoms with Gasteiger partial charge >= 0.3 is 0 Å². The smallest absolute Gasteiger partial charge is 0.216 e. The first-order valence-electron chi connectivity index (χ1n) is 8.12. The van der Waals surface area contributed by atoms with E-state index in [-0.39, 0.29) is 0 Å². The third-order valence-corrected chi connectivity index (χ3v) is 4.64. The molecule has 0 saturated heterocycles. The van der Waals surface area contributed by atoms with Gasteiger partial charge in [-0.05, 0) is 19.9 Å². The van der Waals surface area contributed by atoms with Crippen molar-refractivity contribution < 1.29 is 14.0 Å². The fraction of sp³-hybridized carbons (Fsp3) is 0.286. The van der Waals surface area contributed by atoms with Gasteiger partial charge in [-0.3, -0.25) is 0 Å². The first-order valence-corrected chi connectivity index (χ1v) is 8.12. The molecule has 0 fully saturated rings. The fourth-order valence-corrected chi connectivity index (χ4v) is 3.56. The lowest BCUT2D eigenvalue weighted by Crippen LogP contribution is -2.39. The number of ether oxygens (including phenoxy) is 2. The predicted molar refractivity (Wildman–Crippen MR) is 97.5 cm³/mol. The molecule has 3 heteroatoms. The van der Waals surface area contributed by atoms with Gasteiger partial charge in [0.05, 0.1) is 19.6 Å². The maximum absolute atomic E-state index is 5.65. The second-order valence-electron chi connectivity index (χ2n) is 6.24. The third-order valence-electron chi connectivity index (χ3n) is 4.64. The van der Waals surface area contributed by atoms with Gasteiger partial charge in [0, 0.05) is 42.5 Å². The van der Waals surface area contributed by atoms with Crippen LogP contribution in [0.2, 0.25) is 0 Å². The number of para-hydroxylation sites is 1. The van der Waals surface area contributed by atoms with E-state index in [2.05, 4.69) is 62.6 Å². The number of aryl methyl sites for hydroxylation is 4. The molecule has 3 nitrogen and oxygen atoms in total. The molecule has 0 atom stereocenters. The summed E-state index contributed by atoms with van der Waals surface area (Å²) in [6.07, 6.45) is 0. The minimum Gasteiger partial charge on any atom is -0.497 e. The Hall–Kier alpha value is -2.55. The molecule has 1 aromatic heterocycles. The van der Waals surface area contributed by atoms with E-state index >= 15 is 0 Å². The van der Waals surface area contributed by atoms with E-state index in [0.29, 0.717) is 0 Å². The lowest BCUT2D eigenvalue weighted by Gasteiger charge is -2.14. The van der Waals surface area contributed by atoms with Gasteiger partial charge in [0.25, 0.3) is 0 Å². The van der Waals surface area contributed by atoms with Crippen LogP contribution in [0.5, 0.6) is 11.5 Å². The van der Waals surface area contributed by atoms with Crippen LogP contribution in [-0.2, 0) is 0 Å². The Morgan fingerprint density at radius 3 is 2.08 bits per heavy atom. The molecular weight excluding hydrogens is 298 g/mol. The lowest BCUT2D eigenvalue weighted by molar-refractivity contribution is -0.608. The number of nitrogens with zero attached hydrogens (tertiary/aromatic N) is 1. The summed E-state index contributed by atoms with van der Waals surface area (Å²) in [6, 6.07) is 12.6. The van der Waals surface area contributed by atoms with Crippen molar-refractivity contribution >= 4 is 10.8 Å². The first-order chi connectivity index (χ1) is 11.5. The normalized spacial score (nSPS) is 10.9. The van der Waals surface area contributed by atoms with Crippen molar-refractivity contribution in [3.63, 3.8) is 0 Å². The maximum atomic E-state index is 5.65. The Morgan fingerprint density at radius 2 is 1.50 bits per heavy atom. The van der Waals surface area contributed by atoms with Crippen molar-refractivity contribution in [3.8, 4) is 17.2 Å². The molecule has 124 valence electrons. The summed E-state index contributed by atoms with van der Waals surface area (Å²) < 4.78 is 13.4. The summed E-state index contributed by atoms with van der Waals surface area (Å²) in [4.78, 5) is 0. The molecule has 0 aliphatic heterocycles. The van der Waals surface area contributed by atoms with Crippen LogP contribution in [0.25, 0.3) is 16.5 Å². The molecule has 0 radical (unpaired) electrons. The molecule has 0 aliphatic rings. The summed E-state index contributed by atoms with van der Waals surface area (Å²) in [6.45, 7) is 8.60. The van der Waals surface area contributed by atoms with Crippen molar-refractivity contribution in [2.45, 2.75) is 27.7 Å². The Kier molecular flexibility index (Phi) is 4.18. The highest BCUT2D eigenvalue weighted by atomic mass is 16.5. The second-order valence-corrected chi connectivity index (χ2v) is 6.24. The molecule has 0 amide bonds. The molecule has 0 spiro atoms. The number of rotatable bonds is 3. The fourth-order valence-electron chi connectivity index (χ4n) is 3.56. The Balaban J connectivity index is 2.43. The van der Waals surface area contributed by atoms with Gasteiger partial charge in [-0.25, -0.2) is 0 Å². The van der Waals surface area contributed by atoms with E-state index in [9.17, 15) is 0 Å². The molecule has 0 bridgehead atoms. The monoisotopic (exact) mass is 322 g/mol. The summed E-state index contributed by atoms with van der Waals surface area (Å²) in [5.74, 6) is 1.64. The minimum absolute atomic E-state index is 0.808. The van der Waals surface area contributed by atoms with Crippen molar-refractivity contribution in [2.24, 2.45) is 0 Å². The van der Waals surface area contributed by atoms with Crippen molar-refractivity contribution in [3.05, 3.63) is 58.9 Å². The van der Waals surface area contributed by atoms with Gasteiger partial charge in [-0.15, -0.1) is 0 Å².